The molecule has 1 heterocycles. The fourth-order valence-electron chi connectivity index (χ4n) is 2.94. The summed E-state index contributed by atoms with van der Waals surface area (Å²) < 4.78 is 0. The largest absolute Gasteiger partial charge is 0.409 e. The normalized spacial score (nSPS) is 19.5. The van der Waals surface area contributed by atoms with Gasteiger partial charge in [0.2, 0.25) is 5.91 Å². The van der Waals surface area contributed by atoms with E-state index in [1.807, 2.05) is 16.8 Å². The van der Waals surface area contributed by atoms with Crippen LogP contribution in [-0.4, -0.2) is 22.5 Å². The number of oxime groups is 1. The Morgan fingerprint density at radius 1 is 1.33 bits per heavy atom. The maximum Gasteiger partial charge on any atom is 0.225 e. The summed E-state index contributed by atoms with van der Waals surface area (Å²) in [7, 11) is 0. The van der Waals surface area contributed by atoms with Gasteiger partial charge in [0.25, 0.3) is 0 Å². The Hall–Kier alpha value is -1.56. The molecule has 0 radical (unpaired) electrons. The molecule has 4 N–H and O–H groups in total. The van der Waals surface area contributed by atoms with Crippen molar-refractivity contribution in [2.75, 3.05) is 0 Å². The summed E-state index contributed by atoms with van der Waals surface area (Å²) in [4.78, 5) is 12.3. The van der Waals surface area contributed by atoms with E-state index < -0.39 is 5.54 Å². The van der Waals surface area contributed by atoms with E-state index in [1.54, 1.807) is 11.3 Å². The highest BCUT2D eigenvalue weighted by molar-refractivity contribution is 7.07. The highest BCUT2D eigenvalue weighted by Crippen LogP contribution is 2.27. The van der Waals surface area contributed by atoms with E-state index in [1.165, 1.54) is 6.42 Å². The van der Waals surface area contributed by atoms with Crippen molar-refractivity contribution in [3.05, 3.63) is 22.4 Å². The summed E-state index contributed by atoms with van der Waals surface area (Å²) in [5.41, 5.74) is 6.22. The number of nitrogens with one attached hydrogen (secondary N) is 1. The lowest BCUT2D eigenvalue weighted by atomic mass is 9.82. The average Bonchev–Trinajstić information content (AvgIpc) is 2.93. The molecule has 0 aliphatic heterocycles. The van der Waals surface area contributed by atoms with Crippen LogP contribution in [0.4, 0.5) is 0 Å². The summed E-state index contributed by atoms with van der Waals surface area (Å²) in [5.74, 6) is 0.0589. The maximum atomic E-state index is 12.3. The topological polar surface area (TPSA) is 87.7 Å². The molecule has 6 heteroatoms. The second-order valence-corrected chi connectivity index (χ2v) is 6.47. The Kier molecular flexibility index (Phi) is 5.61. The quantitative estimate of drug-likeness (QED) is 0.346. The van der Waals surface area contributed by atoms with Crippen LogP contribution in [-0.2, 0) is 11.2 Å². The zero-order chi connectivity index (χ0) is 15.1. The molecule has 1 aliphatic rings. The van der Waals surface area contributed by atoms with Gasteiger partial charge in [-0.15, -0.1) is 0 Å². The van der Waals surface area contributed by atoms with Crippen LogP contribution >= 0.6 is 11.3 Å². The number of hydrogen-bond acceptors (Lipinski definition) is 4. The summed E-state index contributed by atoms with van der Waals surface area (Å²) >= 11 is 1.58. The molecule has 0 saturated heterocycles. The van der Waals surface area contributed by atoms with E-state index in [0.717, 1.165) is 44.1 Å². The number of nitrogens with zero attached hydrogens (tertiary/aromatic N) is 1. The van der Waals surface area contributed by atoms with Gasteiger partial charge >= 0.3 is 0 Å². The molecule has 116 valence electrons. The van der Waals surface area contributed by atoms with Crippen molar-refractivity contribution in [3.63, 3.8) is 0 Å². The molecule has 2 rings (SSSR count). The lowest BCUT2D eigenvalue weighted by Crippen LogP contribution is -2.58. The third-order valence-electron chi connectivity index (χ3n) is 4.13. The van der Waals surface area contributed by atoms with Crippen LogP contribution in [0.15, 0.2) is 22.0 Å². The van der Waals surface area contributed by atoms with Crippen LogP contribution < -0.4 is 11.1 Å². The van der Waals surface area contributed by atoms with Crippen LogP contribution in [0.25, 0.3) is 0 Å². The average molecular weight is 309 g/mol. The van der Waals surface area contributed by atoms with Crippen molar-refractivity contribution in [1.82, 2.24) is 5.32 Å². The Morgan fingerprint density at radius 2 is 2.00 bits per heavy atom. The predicted molar refractivity (Wildman–Crippen MR) is 84.6 cm³/mol. The van der Waals surface area contributed by atoms with Crippen molar-refractivity contribution < 1.29 is 10.0 Å². The number of rotatable bonds is 4. The zero-order valence-corrected chi connectivity index (χ0v) is 13.0. The van der Waals surface area contributed by atoms with Gasteiger partial charge in [0.05, 0.1) is 6.42 Å². The fourth-order valence-corrected chi connectivity index (χ4v) is 3.61. The number of nitrogens with two attached hydrogens (primary N) is 1. The summed E-state index contributed by atoms with van der Waals surface area (Å²) in [5, 5.41) is 19.2. The van der Waals surface area contributed by atoms with E-state index in [-0.39, 0.29) is 11.7 Å². The lowest BCUT2D eigenvalue weighted by molar-refractivity contribution is -0.121. The van der Waals surface area contributed by atoms with Crippen LogP contribution in [0.3, 0.4) is 0 Å². The number of amides is 1. The van der Waals surface area contributed by atoms with Crippen LogP contribution in [0.5, 0.6) is 0 Å². The standard InChI is InChI=1S/C15H23N3O2S/c16-14(18-20)15(7-4-2-1-3-5-8-15)17-13(19)10-12-6-9-21-11-12/h6,9,11,20H,1-5,7-8,10H2,(H2,16,18)(H,17,19). The van der Waals surface area contributed by atoms with Crippen molar-refractivity contribution in [3.8, 4) is 0 Å². The number of hydrogen-bond donors (Lipinski definition) is 3. The molecule has 1 saturated carbocycles. The second-order valence-electron chi connectivity index (χ2n) is 5.69. The van der Waals surface area contributed by atoms with Crippen molar-refractivity contribution in [2.24, 2.45) is 10.9 Å². The van der Waals surface area contributed by atoms with E-state index >= 15 is 0 Å². The first-order valence-electron chi connectivity index (χ1n) is 7.46. The molecule has 21 heavy (non-hydrogen) atoms. The first-order valence-corrected chi connectivity index (χ1v) is 8.41. The number of carbonyl (C=O) groups is 1. The molecule has 1 aromatic heterocycles. The zero-order valence-electron chi connectivity index (χ0n) is 12.2. The molecule has 0 spiro atoms. The molecule has 0 atom stereocenters. The molecular formula is C15H23N3O2S. The predicted octanol–water partition coefficient (Wildman–Crippen LogP) is 2.64. The third kappa shape index (κ3) is 4.20. The monoisotopic (exact) mass is 309 g/mol. The first kappa shape index (κ1) is 15.8. The van der Waals surface area contributed by atoms with Gasteiger partial charge in [0, 0.05) is 0 Å². The van der Waals surface area contributed by atoms with Crippen molar-refractivity contribution in [1.29, 1.82) is 0 Å². The number of thiophene rings is 1. The van der Waals surface area contributed by atoms with Gasteiger partial charge in [-0.3, -0.25) is 4.79 Å². The molecule has 0 bridgehead atoms. The molecule has 0 unspecified atom stereocenters. The molecule has 1 aromatic rings. The summed E-state index contributed by atoms with van der Waals surface area (Å²) in [6, 6.07) is 1.94. The van der Waals surface area contributed by atoms with Gasteiger partial charge in [-0.05, 0) is 35.2 Å². The molecule has 1 aliphatic carbocycles. The minimum absolute atomic E-state index is 0.0689. The van der Waals surface area contributed by atoms with Gasteiger partial charge in [0.1, 0.15) is 5.54 Å². The highest BCUT2D eigenvalue weighted by atomic mass is 32.1. The van der Waals surface area contributed by atoms with E-state index in [9.17, 15) is 4.79 Å². The van der Waals surface area contributed by atoms with Crippen LogP contribution in [0.2, 0.25) is 0 Å². The number of carbonyl (C=O) groups excluding carboxylic acids is 1. The van der Waals surface area contributed by atoms with Crippen LogP contribution in [0.1, 0.15) is 50.5 Å². The Bertz CT molecular complexity index is 477. The molecule has 0 aromatic carbocycles. The first-order chi connectivity index (χ1) is 10.2. The molecule has 5 nitrogen and oxygen atoms in total. The van der Waals surface area contributed by atoms with Crippen molar-refractivity contribution >= 4 is 23.1 Å². The molecular weight excluding hydrogens is 286 g/mol. The lowest BCUT2D eigenvalue weighted by Gasteiger charge is -2.35. The highest BCUT2D eigenvalue weighted by Gasteiger charge is 2.36. The van der Waals surface area contributed by atoms with Gasteiger partial charge in [-0.1, -0.05) is 37.3 Å². The van der Waals surface area contributed by atoms with Crippen molar-refractivity contribution in [2.45, 2.75) is 56.9 Å². The Morgan fingerprint density at radius 3 is 2.57 bits per heavy atom. The fraction of sp³-hybridized carbons (Fsp3) is 0.600. The van der Waals surface area contributed by atoms with E-state index in [2.05, 4.69) is 10.5 Å². The van der Waals surface area contributed by atoms with Crippen LogP contribution in [0, 0.1) is 0 Å². The Balaban J connectivity index is 2.09. The maximum absolute atomic E-state index is 12.3. The number of amidine groups is 1. The van der Waals surface area contributed by atoms with Gasteiger partial charge in [-0.25, -0.2) is 0 Å². The Labute approximate surface area is 129 Å². The second kappa shape index (κ2) is 7.45. The minimum atomic E-state index is -0.692. The third-order valence-corrected chi connectivity index (χ3v) is 4.86. The SMILES string of the molecule is N/C(=N/O)C1(NC(=O)Cc2ccsc2)CCCCCCC1. The van der Waals surface area contributed by atoms with Gasteiger partial charge in [-0.2, -0.15) is 11.3 Å². The molecule has 1 amide bonds. The summed E-state index contributed by atoms with van der Waals surface area (Å²) in [6.45, 7) is 0. The minimum Gasteiger partial charge on any atom is -0.409 e. The van der Waals surface area contributed by atoms with E-state index in [0.29, 0.717) is 6.42 Å². The summed E-state index contributed by atoms with van der Waals surface area (Å²) in [6.07, 6.45) is 7.24. The van der Waals surface area contributed by atoms with Gasteiger partial charge < -0.3 is 16.3 Å². The smallest absolute Gasteiger partial charge is 0.225 e. The van der Waals surface area contributed by atoms with Gasteiger partial charge in [0.15, 0.2) is 5.84 Å². The molecule has 1 fully saturated rings. The van der Waals surface area contributed by atoms with E-state index in [4.69, 9.17) is 10.9 Å².